The topological polar surface area (TPSA) is 44.7 Å². The molecular weight excluding hydrogens is 475 g/mol. The second-order valence-electron chi connectivity index (χ2n) is 8.36. The number of para-hydroxylation sites is 1. The number of benzene rings is 2. The quantitative estimate of drug-likeness (QED) is 0.440. The number of halogens is 1. The van der Waals surface area contributed by atoms with E-state index in [1.54, 1.807) is 0 Å². The van der Waals surface area contributed by atoms with Crippen molar-refractivity contribution >= 4 is 22.6 Å². The van der Waals surface area contributed by atoms with Crippen LogP contribution in [0, 0.1) is 0 Å². The Morgan fingerprint density at radius 3 is 2.38 bits per heavy atom. The molecular formula is C24H31IN2O2. The molecule has 0 spiro atoms. The molecule has 5 heteroatoms. The van der Waals surface area contributed by atoms with Gasteiger partial charge in [0.05, 0.1) is 9.02 Å². The minimum atomic E-state index is -0.692. The van der Waals surface area contributed by atoms with E-state index in [2.05, 4.69) is 51.0 Å². The molecule has 2 aliphatic rings. The second-order valence-corrected chi connectivity index (χ2v) is 10.2. The van der Waals surface area contributed by atoms with Crippen molar-refractivity contribution in [3.63, 3.8) is 0 Å². The number of rotatable bonds is 6. The Bertz CT molecular complexity index is 788. The lowest BCUT2D eigenvalue weighted by Crippen LogP contribution is -2.57. The molecule has 29 heavy (non-hydrogen) atoms. The van der Waals surface area contributed by atoms with Gasteiger partial charge in [-0.2, -0.15) is 0 Å². The lowest BCUT2D eigenvalue weighted by molar-refractivity contribution is -0.0388. The highest BCUT2D eigenvalue weighted by atomic mass is 127. The van der Waals surface area contributed by atoms with Crippen LogP contribution in [-0.2, 0) is 3.42 Å². The van der Waals surface area contributed by atoms with Crippen LogP contribution in [0.25, 0.3) is 0 Å². The Labute approximate surface area is 187 Å². The second kappa shape index (κ2) is 9.33. The molecule has 1 saturated carbocycles. The van der Waals surface area contributed by atoms with E-state index in [0.29, 0.717) is 0 Å². The normalized spacial score (nSPS) is 22.0. The largest absolute Gasteiger partial charge is 0.457 e. The molecule has 2 aromatic carbocycles. The van der Waals surface area contributed by atoms with E-state index in [-0.39, 0.29) is 3.42 Å². The summed E-state index contributed by atoms with van der Waals surface area (Å²) in [5.41, 5.74) is 0.469. The van der Waals surface area contributed by atoms with Crippen LogP contribution in [0.5, 0.6) is 11.5 Å². The lowest BCUT2D eigenvalue weighted by atomic mass is 9.72. The SMILES string of the molecule is OC1(C(I)(CN2CCNCC2)c2cccc(Oc3ccccc3)c2)CCCCC1. The van der Waals surface area contributed by atoms with Crippen LogP contribution in [0.2, 0.25) is 0 Å². The first-order valence-electron chi connectivity index (χ1n) is 10.8. The Morgan fingerprint density at radius 1 is 0.966 bits per heavy atom. The van der Waals surface area contributed by atoms with Gasteiger partial charge in [-0.15, -0.1) is 0 Å². The van der Waals surface area contributed by atoms with Gasteiger partial charge in [-0.3, -0.25) is 4.90 Å². The number of piperazine rings is 1. The fourth-order valence-electron chi connectivity index (χ4n) is 4.65. The van der Waals surface area contributed by atoms with Gasteiger partial charge in [0.2, 0.25) is 0 Å². The Hall–Kier alpha value is -1.15. The maximum atomic E-state index is 11.9. The van der Waals surface area contributed by atoms with Gasteiger partial charge in [-0.25, -0.2) is 0 Å². The number of hydrogen-bond donors (Lipinski definition) is 2. The molecule has 1 saturated heterocycles. The molecule has 2 aromatic rings. The first kappa shape index (κ1) is 21.1. The summed E-state index contributed by atoms with van der Waals surface area (Å²) in [5, 5.41) is 15.3. The van der Waals surface area contributed by atoms with Gasteiger partial charge < -0.3 is 15.2 Å². The van der Waals surface area contributed by atoms with Crippen molar-refractivity contribution in [2.75, 3.05) is 32.7 Å². The standard InChI is InChI=1S/C24H31IN2O2/c25-24(19-27-16-14-26-15-17-27,23(28)12-5-2-6-13-23)20-8-7-11-22(18-20)29-21-9-3-1-4-10-21/h1,3-4,7-11,18,26,28H,2,5-6,12-17,19H2. The summed E-state index contributed by atoms with van der Waals surface area (Å²) in [5.74, 6) is 1.66. The summed E-state index contributed by atoms with van der Waals surface area (Å²) in [6.45, 7) is 4.95. The number of aliphatic hydroxyl groups is 1. The van der Waals surface area contributed by atoms with Crippen LogP contribution in [0.15, 0.2) is 54.6 Å². The molecule has 0 radical (unpaired) electrons. The summed E-state index contributed by atoms with van der Waals surface area (Å²) in [6.07, 6.45) is 5.16. The van der Waals surface area contributed by atoms with Crippen LogP contribution < -0.4 is 10.1 Å². The van der Waals surface area contributed by atoms with Crippen molar-refractivity contribution in [1.29, 1.82) is 0 Å². The van der Waals surface area contributed by atoms with E-state index in [9.17, 15) is 5.11 Å². The van der Waals surface area contributed by atoms with Gasteiger partial charge in [-0.1, -0.05) is 72.2 Å². The van der Waals surface area contributed by atoms with Crippen LogP contribution in [0.3, 0.4) is 0 Å². The average Bonchev–Trinajstić information content (AvgIpc) is 2.76. The molecule has 0 bridgehead atoms. The van der Waals surface area contributed by atoms with Crippen LogP contribution >= 0.6 is 22.6 Å². The molecule has 0 amide bonds. The molecule has 1 aliphatic carbocycles. The predicted octanol–water partition coefficient (Wildman–Crippen LogP) is 4.71. The Balaban J connectivity index is 1.65. The molecule has 4 nitrogen and oxygen atoms in total. The monoisotopic (exact) mass is 506 g/mol. The molecule has 0 aromatic heterocycles. The number of ether oxygens (including phenoxy) is 1. The molecule has 1 aliphatic heterocycles. The fourth-order valence-corrected chi connectivity index (χ4v) is 6.01. The van der Waals surface area contributed by atoms with Crippen molar-refractivity contribution in [1.82, 2.24) is 10.2 Å². The molecule has 1 heterocycles. The van der Waals surface area contributed by atoms with Crippen LogP contribution in [0.1, 0.15) is 37.7 Å². The fraction of sp³-hybridized carbons (Fsp3) is 0.500. The van der Waals surface area contributed by atoms with Crippen molar-refractivity contribution < 1.29 is 9.84 Å². The van der Waals surface area contributed by atoms with Gasteiger partial charge in [0.25, 0.3) is 0 Å². The first-order valence-corrected chi connectivity index (χ1v) is 11.8. The van der Waals surface area contributed by atoms with Gasteiger partial charge in [-0.05, 0) is 42.7 Å². The van der Waals surface area contributed by atoms with Crippen LogP contribution in [-0.4, -0.2) is 48.3 Å². The van der Waals surface area contributed by atoms with E-state index < -0.39 is 5.60 Å². The highest BCUT2D eigenvalue weighted by Gasteiger charge is 2.51. The van der Waals surface area contributed by atoms with Crippen molar-refractivity contribution in [2.45, 2.75) is 41.1 Å². The third-order valence-electron chi connectivity index (χ3n) is 6.34. The summed E-state index contributed by atoms with van der Waals surface area (Å²) < 4.78 is 5.75. The lowest BCUT2D eigenvalue weighted by Gasteiger charge is -2.49. The van der Waals surface area contributed by atoms with Gasteiger partial charge >= 0.3 is 0 Å². The van der Waals surface area contributed by atoms with Crippen LogP contribution in [0.4, 0.5) is 0 Å². The van der Waals surface area contributed by atoms with Gasteiger partial charge in [0.15, 0.2) is 0 Å². The Kier molecular flexibility index (Phi) is 6.79. The molecule has 1 atom stereocenters. The number of hydrogen-bond acceptors (Lipinski definition) is 4. The van der Waals surface area contributed by atoms with E-state index in [1.807, 2.05) is 36.4 Å². The number of nitrogens with one attached hydrogen (secondary N) is 1. The molecule has 156 valence electrons. The third kappa shape index (κ3) is 4.79. The molecule has 1 unspecified atom stereocenters. The van der Waals surface area contributed by atoms with Crippen molar-refractivity contribution in [3.8, 4) is 11.5 Å². The van der Waals surface area contributed by atoms with Gasteiger partial charge in [0, 0.05) is 32.7 Å². The molecule has 2 N–H and O–H groups in total. The zero-order valence-electron chi connectivity index (χ0n) is 16.9. The van der Waals surface area contributed by atoms with Crippen molar-refractivity contribution in [2.24, 2.45) is 0 Å². The highest BCUT2D eigenvalue weighted by Crippen LogP contribution is 2.50. The third-order valence-corrected chi connectivity index (χ3v) is 8.31. The Morgan fingerprint density at radius 2 is 1.66 bits per heavy atom. The summed E-state index contributed by atoms with van der Waals surface area (Å²) in [6, 6.07) is 18.3. The van der Waals surface area contributed by atoms with E-state index in [0.717, 1.165) is 75.5 Å². The number of nitrogens with zero attached hydrogens (tertiary/aromatic N) is 1. The average molecular weight is 506 g/mol. The highest BCUT2D eigenvalue weighted by molar-refractivity contribution is 14.1. The molecule has 2 fully saturated rings. The maximum absolute atomic E-state index is 11.9. The summed E-state index contributed by atoms with van der Waals surface area (Å²) in [7, 11) is 0. The van der Waals surface area contributed by atoms with Crippen molar-refractivity contribution in [3.05, 3.63) is 60.2 Å². The van der Waals surface area contributed by atoms with Gasteiger partial charge in [0.1, 0.15) is 11.5 Å². The zero-order valence-corrected chi connectivity index (χ0v) is 19.1. The molecule has 4 rings (SSSR count). The van der Waals surface area contributed by atoms with E-state index in [1.165, 1.54) is 6.42 Å². The maximum Gasteiger partial charge on any atom is 0.127 e. The minimum absolute atomic E-state index is 0.363. The summed E-state index contributed by atoms with van der Waals surface area (Å²) in [4.78, 5) is 2.50. The summed E-state index contributed by atoms with van der Waals surface area (Å²) >= 11 is 2.56. The van der Waals surface area contributed by atoms with E-state index in [4.69, 9.17) is 4.74 Å². The number of alkyl halides is 1. The zero-order chi connectivity index (χ0) is 20.2. The van der Waals surface area contributed by atoms with E-state index >= 15 is 0 Å². The minimum Gasteiger partial charge on any atom is -0.457 e. The predicted molar refractivity (Wildman–Crippen MR) is 126 cm³/mol. The smallest absolute Gasteiger partial charge is 0.127 e. The first-order chi connectivity index (χ1) is 14.1.